The van der Waals surface area contributed by atoms with E-state index in [0.29, 0.717) is 30.1 Å². The number of halogens is 1. The summed E-state index contributed by atoms with van der Waals surface area (Å²) in [7, 11) is 0. The maximum atomic E-state index is 11.6. The van der Waals surface area contributed by atoms with Crippen molar-refractivity contribution < 1.29 is 9.90 Å². The van der Waals surface area contributed by atoms with Gasteiger partial charge in [-0.25, -0.2) is 4.79 Å². The van der Waals surface area contributed by atoms with Crippen molar-refractivity contribution in [2.75, 3.05) is 18.1 Å². The van der Waals surface area contributed by atoms with E-state index in [-0.39, 0.29) is 12.1 Å². The highest BCUT2D eigenvalue weighted by atomic mass is 35.5. The fourth-order valence-corrected chi connectivity index (χ4v) is 2.35. The van der Waals surface area contributed by atoms with E-state index in [9.17, 15) is 9.90 Å². The minimum atomic E-state index is -0.365. The third-order valence-electron chi connectivity index (χ3n) is 2.64. The number of carbonyl (C=O) groups excluding carboxylic acids is 1. The third-order valence-corrected chi connectivity index (χ3v) is 3.86. The first kappa shape index (κ1) is 16.1. The Kier molecular flexibility index (Phi) is 7.05. The summed E-state index contributed by atoms with van der Waals surface area (Å²) >= 11 is 7.61. The maximum absolute atomic E-state index is 11.6. The summed E-state index contributed by atoms with van der Waals surface area (Å²) in [6, 6.07) is 5.09. The normalized spacial score (nSPS) is 12.0. The zero-order valence-corrected chi connectivity index (χ0v) is 12.6. The van der Waals surface area contributed by atoms with E-state index in [2.05, 4.69) is 10.6 Å². The van der Waals surface area contributed by atoms with Crippen LogP contribution in [0.25, 0.3) is 0 Å². The lowest BCUT2D eigenvalue weighted by molar-refractivity contribution is 0.160. The van der Waals surface area contributed by atoms with Crippen LogP contribution in [0.3, 0.4) is 0 Å². The molecule has 2 amide bonds. The highest BCUT2D eigenvalue weighted by Gasteiger charge is 2.05. The first-order valence-corrected chi connectivity index (χ1v) is 7.73. The number of amides is 2. The highest BCUT2D eigenvalue weighted by molar-refractivity contribution is 7.98. The van der Waals surface area contributed by atoms with Gasteiger partial charge in [-0.3, -0.25) is 0 Å². The van der Waals surface area contributed by atoms with Gasteiger partial charge >= 0.3 is 6.03 Å². The van der Waals surface area contributed by atoms with Crippen LogP contribution in [-0.2, 0) is 0 Å². The monoisotopic (exact) mass is 302 g/mol. The van der Waals surface area contributed by atoms with Crippen molar-refractivity contribution in [3.8, 4) is 0 Å². The lowest BCUT2D eigenvalue weighted by Gasteiger charge is -2.10. The van der Waals surface area contributed by atoms with Gasteiger partial charge in [-0.1, -0.05) is 18.5 Å². The van der Waals surface area contributed by atoms with Crippen molar-refractivity contribution in [2.24, 2.45) is 0 Å². The SMILES string of the molecule is CCC(O)CCNC(=O)Nc1ccc(SC)c(Cl)c1. The van der Waals surface area contributed by atoms with Crippen molar-refractivity contribution in [1.29, 1.82) is 0 Å². The number of carbonyl (C=O) groups is 1. The molecule has 0 spiro atoms. The van der Waals surface area contributed by atoms with E-state index in [1.54, 1.807) is 23.9 Å². The lowest BCUT2D eigenvalue weighted by Crippen LogP contribution is -2.31. The van der Waals surface area contributed by atoms with Crippen LogP contribution in [-0.4, -0.2) is 30.0 Å². The minimum Gasteiger partial charge on any atom is -0.393 e. The molecule has 1 unspecified atom stereocenters. The fraction of sp³-hybridized carbons (Fsp3) is 0.462. The molecular formula is C13H19ClN2O2S. The summed E-state index contributed by atoms with van der Waals surface area (Å²) in [5.41, 5.74) is 0.649. The molecule has 19 heavy (non-hydrogen) atoms. The summed E-state index contributed by atoms with van der Waals surface area (Å²) < 4.78 is 0. The molecule has 0 aliphatic carbocycles. The summed E-state index contributed by atoms with van der Waals surface area (Å²) in [5.74, 6) is 0. The number of hydrogen-bond acceptors (Lipinski definition) is 3. The van der Waals surface area contributed by atoms with Crippen molar-refractivity contribution in [2.45, 2.75) is 30.8 Å². The Morgan fingerprint density at radius 1 is 1.53 bits per heavy atom. The number of anilines is 1. The molecule has 1 rings (SSSR count). The van der Waals surface area contributed by atoms with Gasteiger partial charge < -0.3 is 15.7 Å². The largest absolute Gasteiger partial charge is 0.393 e. The van der Waals surface area contributed by atoms with E-state index in [1.165, 1.54) is 0 Å². The molecule has 0 aromatic heterocycles. The average molecular weight is 303 g/mol. The molecule has 0 heterocycles. The van der Waals surface area contributed by atoms with Crippen LogP contribution in [0, 0.1) is 0 Å². The molecule has 4 nitrogen and oxygen atoms in total. The first-order chi connectivity index (χ1) is 9.06. The van der Waals surface area contributed by atoms with E-state index in [4.69, 9.17) is 11.6 Å². The van der Waals surface area contributed by atoms with Gasteiger partial charge in [0.1, 0.15) is 0 Å². The molecule has 0 saturated carbocycles. The number of urea groups is 1. The second-order valence-corrected chi connectivity index (χ2v) is 5.34. The molecule has 0 radical (unpaired) electrons. The number of hydrogen-bond donors (Lipinski definition) is 3. The van der Waals surface area contributed by atoms with E-state index >= 15 is 0 Å². The zero-order valence-electron chi connectivity index (χ0n) is 11.1. The van der Waals surface area contributed by atoms with Crippen molar-refractivity contribution in [3.05, 3.63) is 23.2 Å². The molecule has 0 saturated heterocycles. The number of aliphatic hydroxyl groups is 1. The van der Waals surface area contributed by atoms with E-state index < -0.39 is 0 Å². The maximum Gasteiger partial charge on any atom is 0.319 e. The van der Waals surface area contributed by atoms with Crippen molar-refractivity contribution in [1.82, 2.24) is 5.32 Å². The van der Waals surface area contributed by atoms with Gasteiger partial charge in [-0.2, -0.15) is 0 Å². The molecular weight excluding hydrogens is 284 g/mol. The molecule has 0 aliphatic heterocycles. The topological polar surface area (TPSA) is 61.4 Å². The van der Waals surface area contributed by atoms with Crippen LogP contribution in [0.4, 0.5) is 10.5 Å². The van der Waals surface area contributed by atoms with Gasteiger partial charge in [0.25, 0.3) is 0 Å². The van der Waals surface area contributed by atoms with Crippen LogP contribution in [0.2, 0.25) is 5.02 Å². The number of aliphatic hydroxyl groups excluding tert-OH is 1. The molecule has 6 heteroatoms. The van der Waals surface area contributed by atoms with Gasteiger partial charge in [0.15, 0.2) is 0 Å². The molecule has 106 valence electrons. The Hall–Kier alpha value is -0.910. The van der Waals surface area contributed by atoms with Crippen LogP contribution < -0.4 is 10.6 Å². The van der Waals surface area contributed by atoms with Gasteiger partial charge in [0, 0.05) is 17.1 Å². The smallest absolute Gasteiger partial charge is 0.319 e. The molecule has 3 N–H and O–H groups in total. The summed E-state index contributed by atoms with van der Waals surface area (Å²) in [6.45, 7) is 2.34. The Morgan fingerprint density at radius 2 is 2.26 bits per heavy atom. The quantitative estimate of drug-likeness (QED) is 0.706. The predicted molar refractivity (Wildman–Crippen MR) is 81.2 cm³/mol. The second kappa shape index (κ2) is 8.30. The van der Waals surface area contributed by atoms with Crippen molar-refractivity contribution in [3.63, 3.8) is 0 Å². The van der Waals surface area contributed by atoms with Gasteiger partial charge in [-0.05, 0) is 37.3 Å². The number of thioether (sulfide) groups is 1. The predicted octanol–water partition coefficient (Wildman–Crippen LogP) is 3.34. The van der Waals surface area contributed by atoms with Crippen LogP contribution in [0.5, 0.6) is 0 Å². The Balaban J connectivity index is 2.42. The molecule has 0 fully saturated rings. The van der Waals surface area contributed by atoms with Crippen LogP contribution >= 0.6 is 23.4 Å². The van der Waals surface area contributed by atoms with Gasteiger partial charge in [-0.15, -0.1) is 11.8 Å². The average Bonchev–Trinajstić information content (AvgIpc) is 2.38. The summed E-state index contributed by atoms with van der Waals surface area (Å²) in [6.07, 6.45) is 2.82. The number of rotatable bonds is 6. The standard InChI is InChI=1S/C13H19ClN2O2S/c1-3-10(17)6-7-15-13(18)16-9-4-5-12(19-2)11(14)8-9/h4-5,8,10,17H,3,6-7H2,1-2H3,(H2,15,16,18). The number of benzene rings is 1. The van der Waals surface area contributed by atoms with E-state index in [1.807, 2.05) is 19.2 Å². The Bertz CT molecular complexity index is 429. The molecule has 0 aliphatic rings. The van der Waals surface area contributed by atoms with Gasteiger partial charge in [0.05, 0.1) is 11.1 Å². The number of nitrogens with one attached hydrogen (secondary N) is 2. The lowest BCUT2D eigenvalue weighted by atomic mass is 10.2. The molecule has 1 atom stereocenters. The Morgan fingerprint density at radius 3 is 2.84 bits per heavy atom. The molecule has 1 aromatic carbocycles. The third kappa shape index (κ3) is 5.72. The van der Waals surface area contributed by atoms with Crippen molar-refractivity contribution >= 4 is 35.1 Å². The summed E-state index contributed by atoms with van der Waals surface area (Å²) in [4.78, 5) is 12.6. The zero-order chi connectivity index (χ0) is 14.3. The minimum absolute atomic E-state index is 0.295. The summed E-state index contributed by atoms with van der Waals surface area (Å²) in [5, 5.41) is 15.4. The second-order valence-electron chi connectivity index (χ2n) is 4.08. The van der Waals surface area contributed by atoms with Crippen LogP contribution in [0.15, 0.2) is 23.1 Å². The van der Waals surface area contributed by atoms with Crippen LogP contribution in [0.1, 0.15) is 19.8 Å². The first-order valence-electron chi connectivity index (χ1n) is 6.13. The fourth-order valence-electron chi connectivity index (χ4n) is 1.48. The van der Waals surface area contributed by atoms with Gasteiger partial charge in [0.2, 0.25) is 0 Å². The molecule has 0 bridgehead atoms. The highest BCUT2D eigenvalue weighted by Crippen LogP contribution is 2.27. The Labute approximate surface area is 122 Å². The molecule has 1 aromatic rings. The van der Waals surface area contributed by atoms with E-state index in [0.717, 1.165) is 4.90 Å².